The van der Waals surface area contributed by atoms with Crippen molar-refractivity contribution in [3.63, 3.8) is 0 Å². The first kappa shape index (κ1) is 24.6. The van der Waals surface area contributed by atoms with E-state index in [2.05, 4.69) is 26.5 Å². The predicted molar refractivity (Wildman–Crippen MR) is 134 cm³/mol. The van der Waals surface area contributed by atoms with E-state index in [-0.39, 0.29) is 5.91 Å². The number of methoxy groups -OCH3 is 1. The third-order valence-corrected chi connectivity index (χ3v) is 5.40. The zero-order valence-electron chi connectivity index (χ0n) is 18.3. The number of amides is 1. The molecule has 0 radical (unpaired) electrons. The minimum atomic E-state index is -0.353. The molecule has 0 heterocycles. The molecule has 0 aliphatic rings. The summed E-state index contributed by atoms with van der Waals surface area (Å²) in [5.74, 6) is 1.44. The number of hydrazone groups is 1. The lowest BCUT2D eigenvalue weighted by Crippen LogP contribution is -2.17. The van der Waals surface area contributed by atoms with Gasteiger partial charge in [-0.1, -0.05) is 30.7 Å². The van der Waals surface area contributed by atoms with Gasteiger partial charge in [0.25, 0.3) is 5.91 Å². The molecular weight excluding hydrogens is 508 g/mol. The third-order valence-electron chi connectivity index (χ3n) is 4.53. The molecule has 0 unspecified atom stereocenters. The molecule has 3 rings (SSSR count). The molecule has 0 aliphatic carbocycles. The fourth-order valence-electron chi connectivity index (χ4n) is 2.83. The average Bonchev–Trinajstić information content (AvgIpc) is 2.83. The van der Waals surface area contributed by atoms with Gasteiger partial charge in [-0.3, -0.25) is 4.79 Å². The van der Waals surface area contributed by atoms with Gasteiger partial charge in [0.05, 0.1) is 24.4 Å². The molecule has 0 atom stereocenters. The van der Waals surface area contributed by atoms with E-state index < -0.39 is 0 Å². The Morgan fingerprint density at radius 2 is 1.79 bits per heavy atom. The van der Waals surface area contributed by atoms with Gasteiger partial charge in [-0.25, -0.2) is 5.43 Å². The maximum Gasteiger partial charge on any atom is 0.271 e. The monoisotopic (exact) mass is 530 g/mol. The standard InChI is InChI=1S/C25H24BrClN2O4/c1-3-12-32-23-11-7-19(14-24(23)31-2)25(30)29-28-15-18-6-10-22(21(26)13-18)33-16-17-4-8-20(27)9-5-17/h4-11,13-15H,3,12,16H2,1-2H3,(H,29,30)/b28-15+. The van der Waals surface area contributed by atoms with Crippen LogP contribution in [-0.2, 0) is 6.61 Å². The summed E-state index contributed by atoms with van der Waals surface area (Å²) >= 11 is 9.42. The molecule has 0 saturated heterocycles. The number of benzene rings is 3. The number of rotatable bonds is 10. The first-order valence-corrected chi connectivity index (χ1v) is 11.5. The summed E-state index contributed by atoms with van der Waals surface area (Å²) in [6.45, 7) is 3.02. The Kier molecular flexibility index (Phi) is 9.15. The SMILES string of the molecule is CCCOc1ccc(C(=O)N/N=C/c2ccc(OCc3ccc(Cl)cc3)c(Br)c2)cc1OC. The van der Waals surface area contributed by atoms with Gasteiger partial charge >= 0.3 is 0 Å². The quantitative estimate of drug-likeness (QED) is 0.248. The Bertz CT molecular complexity index is 1120. The highest BCUT2D eigenvalue weighted by molar-refractivity contribution is 9.10. The second kappa shape index (κ2) is 12.3. The third kappa shape index (κ3) is 7.23. The molecule has 0 spiro atoms. The fraction of sp³-hybridized carbons (Fsp3) is 0.200. The zero-order chi connectivity index (χ0) is 23.6. The molecule has 0 saturated carbocycles. The van der Waals surface area contributed by atoms with E-state index in [1.165, 1.54) is 7.11 Å². The van der Waals surface area contributed by atoms with Crippen molar-refractivity contribution in [2.45, 2.75) is 20.0 Å². The van der Waals surface area contributed by atoms with Crippen LogP contribution in [0.15, 0.2) is 70.2 Å². The first-order chi connectivity index (χ1) is 16.0. The Hall–Kier alpha value is -3.03. The van der Waals surface area contributed by atoms with Gasteiger partial charge < -0.3 is 14.2 Å². The largest absolute Gasteiger partial charge is 0.493 e. The second-order valence-corrected chi connectivity index (χ2v) is 8.31. The van der Waals surface area contributed by atoms with Crippen molar-refractivity contribution in [1.29, 1.82) is 0 Å². The number of carbonyl (C=O) groups is 1. The molecule has 0 aromatic heterocycles. The van der Waals surface area contributed by atoms with Crippen molar-refractivity contribution < 1.29 is 19.0 Å². The van der Waals surface area contributed by atoms with Gasteiger partial charge in [0.15, 0.2) is 11.5 Å². The van der Waals surface area contributed by atoms with E-state index in [1.54, 1.807) is 24.4 Å². The zero-order valence-corrected chi connectivity index (χ0v) is 20.7. The van der Waals surface area contributed by atoms with E-state index in [9.17, 15) is 4.79 Å². The van der Waals surface area contributed by atoms with Gasteiger partial charge in [-0.2, -0.15) is 5.10 Å². The number of ether oxygens (including phenoxy) is 3. The molecule has 8 heteroatoms. The van der Waals surface area contributed by atoms with Crippen molar-refractivity contribution in [3.05, 3.63) is 86.8 Å². The van der Waals surface area contributed by atoms with Crippen molar-refractivity contribution in [1.82, 2.24) is 5.43 Å². The van der Waals surface area contributed by atoms with E-state index in [0.717, 1.165) is 22.0 Å². The number of nitrogens with one attached hydrogen (secondary N) is 1. The molecular formula is C25H24BrClN2O4. The van der Waals surface area contributed by atoms with E-state index in [1.807, 2.05) is 49.4 Å². The van der Waals surface area contributed by atoms with Gasteiger partial charge in [0.1, 0.15) is 12.4 Å². The van der Waals surface area contributed by atoms with E-state index >= 15 is 0 Å². The fourth-order valence-corrected chi connectivity index (χ4v) is 3.46. The number of hydrogen-bond acceptors (Lipinski definition) is 5. The van der Waals surface area contributed by atoms with Crippen LogP contribution in [0.1, 0.15) is 34.8 Å². The molecule has 1 amide bonds. The lowest BCUT2D eigenvalue weighted by molar-refractivity contribution is 0.0954. The van der Waals surface area contributed by atoms with Gasteiger partial charge in [-0.15, -0.1) is 0 Å². The Labute approximate surface area is 206 Å². The molecule has 3 aromatic rings. The van der Waals surface area contributed by atoms with E-state index in [0.29, 0.717) is 41.0 Å². The molecule has 0 fully saturated rings. The number of carbonyl (C=O) groups excluding carboxylic acids is 1. The van der Waals surface area contributed by atoms with Crippen molar-refractivity contribution in [3.8, 4) is 17.2 Å². The highest BCUT2D eigenvalue weighted by Crippen LogP contribution is 2.28. The van der Waals surface area contributed by atoms with Crippen LogP contribution >= 0.6 is 27.5 Å². The molecule has 33 heavy (non-hydrogen) atoms. The first-order valence-electron chi connectivity index (χ1n) is 10.3. The predicted octanol–water partition coefficient (Wildman–Crippen LogP) is 6.24. The number of nitrogens with zero attached hydrogens (tertiary/aromatic N) is 1. The van der Waals surface area contributed by atoms with Crippen LogP contribution < -0.4 is 19.6 Å². The summed E-state index contributed by atoms with van der Waals surface area (Å²) in [7, 11) is 1.54. The lowest BCUT2D eigenvalue weighted by Gasteiger charge is -2.11. The molecule has 6 nitrogen and oxygen atoms in total. The molecule has 0 aliphatic heterocycles. The van der Waals surface area contributed by atoms with Crippen LogP contribution in [0.4, 0.5) is 0 Å². The Balaban J connectivity index is 1.57. The average molecular weight is 532 g/mol. The smallest absolute Gasteiger partial charge is 0.271 e. The van der Waals surface area contributed by atoms with Crippen LogP contribution in [0.25, 0.3) is 0 Å². The van der Waals surface area contributed by atoms with Gasteiger partial charge in [0.2, 0.25) is 0 Å². The minimum Gasteiger partial charge on any atom is -0.493 e. The highest BCUT2D eigenvalue weighted by atomic mass is 79.9. The summed E-state index contributed by atoms with van der Waals surface area (Å²) in [5, 5.41) is 4.74. The molecule has 172 valence electrons. The highest BCUT2D eigenvalue weighted by Gasteiger charge is 2.11. The summed E-state index contributed by atoms with van der Waals surface area (Å²) in [6, 6.07) is 18.0. The maximum atomic E-state index is 12.4. The maximum absolute atomic E-state index is 12.4. The molecule has 1 N–H and O–H groups in total. The normalized spacial score (nSPS) is 10.8. The topological polar surface area (TPSA) is 69.2 Å². The summed E-state index contributed by atoms with van der Waals surface area (Å²) in [6.07, 6.45) is 2.44. The van der Waals surface area contributed by atoms with Crippen molar-refractivity contribution >= 4 is 39.7 Å². The van der Waals surface area contributed by atoms with Gasteiger partial charge in [-0.05, 0) is 82.0 Å². The molecule has 0 bridgehead atoms. The Morgan fingerprint density at radius 3 is 2.48 bits per heavy atom. The summed E-state index contributed by atoms with van der Waals surface area (Å²) in [4.78, 5) is 12.4. The Morgan fingerprint density at radius 1 is 1.03 bits per heavy atom. The van der Waals surface area contributed by atoms with Gasteiger partial charge in [0, 0.05) is 10.6 Å². The second-order valence-electron chi connectivity index (χ2n) is 7.02. The number of hydrogen-bond donors (Lipinski definition) is 1. The van der Waals surface area contributed by atoms with Crippen LogP contribution in [-0.4, -0.2) is 25.8 Å². The van der Waals surface area contributed by atoms with Crippen LogP contribution in [0.2, 0.25) is 5.02 Å². The van der Waals surface area contributed by atoms with Crippen LogP contribution in [0, 0.1) is 0 Å². The van der Waals surface area contributed by atoms with Crippen molar-refractivity contribution in [2.24, 2.45) is 5.10 Å². The summed E-state index contributed by atoms with van der Waals surface area (Å²) < 4.78 is 17.6. The minimum absolute atomic E-state index is 0.353. The van der Waals surface area contributed by atoms with Crippen molar-refractivity contribution in [2.75, 3.05) is 13.7 Å². The number of halogens is 2. The lowest BCUT2D eigenvalue weighted by atomic mass is 10.2. The molecule has 3 aromatic carbocycles. The van der Waals surface area contributed by atoms with Crippen LogP contribution in [0.5, 0.6) is 17.2 Å². The summed E-state index contributed by atoms with van der Waals surface area (Å²) in [5.41, 5.74) is 4.75. The van der Waals surface area contributed by atoms with Crippen LogP contribution in [0.3, 0.4) is 0 Å². The van der Waals surface area contributed by atoms with E-state index in [4.69, 9.17) is 25.8 Å².